The van der Waals surface area contributed by atoms with E-state index in [-0.39, 0.29) is 22.2 Å². The molecule has 0 bridgehead atoms. The summed E-state index contributed by atoms with van der Waals surface area (Å²) in [6, 6.07) is 8.30. The first kappa shape index (κ1) is 19.5. The topological polar surface area (TPSA) is 56.9 Å². The highest BCUT2D eigenvalue weighted by Gasteiger charge is 2.59. The number of rotatable bonds is 4. The van der Waals surface area contributed by atoms with Crippen LogP contribution in [0.2, 0.25) is 10.2 Å². The first-order valence-corrected chi connectivity index (χ1v) is 7.93. The molecule has 2 rings (SSSR count). The first-order valence-electron chi connectivity index (χ1n) is 7.17. The zero-order valence-corrected chi connectivity index (χ0v) is 14.5. The molecule has 1 heterocycles. The first-order chi connectivity index (χ1) is 11.6. The Morgan fingerprint density at radius 1 is 1.24 bits per heavy atom. The minimum absolute atomic E-state index is 0.0445. The highest BCUT2D eigenvalue weighted by atomic mass is 35.5. The van der Waals surface area contributed by atoms with Crippen molar-refractivity contribution in [3.8, 4) is 6.07 Å². The van der Waals surface area contributed by atoms with Gasteiger partial charge in [0.05, 0.1) is 12.5 Å². The van der Waals surface area contributed by atoms with Gasteiger partial charge in [-0.2, -0.15) is 18.4 Å². The largest absolute Gasteiger partial charge is 0.422 e. The number of hydrogen-bond donors (Lipinski definition) is 1. The van der Waals surface area contributed by atoms with Gasteiger partial charge in [-0.15, -0.1) is 0 Å². The van der Waals surface area contributed by atoms with Gasteiger partial charge < -0.3 is 5.11 Å². The smallest absolute Gasteiger partial charge is 0.376 e. The Labute approximate surface area is 152 Å². The average Bonchev–Trinajstić information content (AvgIpc) is 2.53. The van der Waals surface area contributed by atoms with Gasteiger partial charge in [0.2, 0.25) is 0 Å². The zero-order valence-electron chi connectivity index (χ0n) is 13.0. The summed E-state index contributed by atoms with van der Waals surface area (Å²) in [7, 11) is 0. The van der Waals surface area contributed by atoms with Gasteiger partial charge >= 0.3 is 6.18 Å². The molecule has 1 aromatic heterocycles. The SMILES string of the molecule is CC(c1ccc(CC#N)cc1Cl)C(O)(c1ccnc(Cl)c1)C(F)(F)F. The second-order valence-electron chi connectivity index (χ2n) is 5.54. The van der Waals surface area contributed by atoms with Gasteiger partial charge in [0.1, 0.15) is 5.15 Å². The normalized spacial score (nSPS) is 15.3. The molecule has 2 aromatic rings. The van der Waals surface area contributed by atoms with Crippen LogP contribution in [0.1, 0.15) is 29.5 Å². The van der Waals surface area contributed by atoms with Crippen molar-refractivity contribution in [2.75, 3.05) is 0 Å². The number of halogens is 5. The van der Waals surface area contributed by atoms with Gasteiger partial charge in [-0.1, -0.05) is 42.3 Å². The second-order valence-corrected chi connectivity index (χ2v) is 6.34. The Hall–Kier alpha value is -1.81. The van der Waals surface area contributed by atoms with E-state index in [0.717, 1.165) is 18.3 Å². The third-order valence-corrected chi connectivity index (χ3v) is 4.57. The summed E-state index contributed by atoms with van der Waals surface area (Å²) in [5, 5.41) is 19.2. The van der Waals surface area contributed by atoms with Crippen molar-refractivity contribution in [1.82, 2.24) is 4.98 Å². The van der Waals surface area contributed by atoms with Crippen LogP contribution in [0.15, 0.2) is 36.5 Å². The Bertz CT molecular complexity index is 820. The van der Waals surface area contributed by atoms with Crippen molar-refractivity contribution in [3.05, 3.63) is 63.4 Å². The number of hydrogen-bond acceptors (Lipinski definition) is 3. The summed E-state index contributed by atoms with van der Waals surface area (Å²) in [5.41, 5.74) is -2.95. The van der Waals surface area contributed by atoms with Crippen molar-refractivity contribution in [1.29, 1.82) is 5.26 Å². The zero-order chi connectivity index (χ0) is 18.8. The van der Waals surface area contributed by atoms with Gasteiger partial charge in [-0.3, -0.25) is 0 Å². The quantitative estimate of drug-likeness (QED) is 0.749. The van der Waals surface area contributed by atoms with Crippen LogP contribution in [0.3, 0.4) is 0 Å². The van der Waals surface area contributed by atoms with Crippen molar-refractivity contribution < 1.29 is 18.3 Å². The molecule has 0 radical (unpaired) electrons. The molecule has 0 amide bonds. The van der Waals surface area contributed by atoms with Crippen LogP contribution in [0, 0.1) is 11.3 Å². The maximum absolute atomic E-state index is 13.8. The number of nitrogens with zero attached hydrogens (tertiary/aromatic N) is 2. The van der Waals surface area contributed by atoms with Crippen molar-refractivity contribution >= 4 is 23.2 Å². The molecule has 0 saturated carbocycles. The van der Waals surface area contributed by atoms with E-state index in [1.165, 1.54) is 25.1 Å². The Morgan fingerprint density at radius 2 is 1.92 bits per heavy atom. The van der Waals surface area contributed by atoms with E-state index in [9.17, 15) is 18.3 Å². The summed E-state index contributed by atoms with van der Waals surface area (Å²) in [6.07, 6.45) is -3.80. The van der Waals surface area contributed by atoms with Crippen molar-refractivity contribution in [2.45, 2.75) is 31.0 Å². The third kappa shape index (κ3) is 3.74. The average molecular weight is 389 g/mol. The van der Waals surface area contributed by atoms with E-state index in [4.69, 9.17) is 28.5 Å². The lowest BCUT2D eigenvalue weighted by atomic mass is 9.78. The fraction of sp³-hybridized carbons (Fsp3) is 0.294. The Balaban J connectivity index is 2.58. The fourth-order valence-electron chi connectivity index (χ4n) is 2.65. The predicted molar refractivity (Wildman–Crippen MR) is 88.4 cm³/mol. The standard InChI is InChI=1S/C17H13Cl2F3N2O/c1-10(13-3-2-11(4-6-23)8-14(13)18)16(25,17(20,21)22)12-5-7-24-15(19)9-12/h2-3,5,7-10,25H,4H2,1H3. The molecule has 0 aliphatic carbocycles. The monoisotopic (exact) mass is 388 g/mol. The van der Waals surface area contributed by atoms with E-state index in [2.05, 4.69) is 4.98 Å². The molecule has 0 aliphatic rings. The van der Waals surface area contributed by atoms with E-state index in [1.54, 1.807) is 0 Å². The molecule has 1 N–H and O–H groups in total. The van der Waals surface area contributed by atoms with E-state index < -0.39 is 23.3 Å². The molecule has 132 valence electrons. The van der Waals surface area contributed by atoms with Crippen molar-refractivity contribution in [2.24, 2.45) is 0 Å². The number of aliphatic hydroxyl groups is 1. The maximum atomic E-state index is 13.8. The molecule has 1 aromatic carbocycles. The molecule has 0 fully saturated rings. The van der Waals surface area contributed by atoms with Gasteiger partial charge in [0.15, 0.2) is 5.60 Å². The molecule has 25 heavy (non-hydrogen) atoms. The lowest BCUT2D eigenvalue weighted by Crippen LogP contribution is -2.46. The molecule has 8 heteroatoms. The number of alkyl halides is 3. The number of pyridine rings is 1. The molecule has 0 saturated heterocycles. The highest BCUT2D eigenvalue weighted by molar-refractivity contribution is 6.31. The molecule has 3 nitrogen and oxygen atoms in total. The Kier molecular flexibility index (Phi) is 5.62. The van der Waals surface area contributed by atoms with Gasteiger partial charge in [0.25, 0.3) is 0 Å². The minimum Gasteiger partial charge on any atom is -0.376 e. The van der Waals surface area contributed by atoms with Crippen LogP contribution in [0.4, 0.5) is 13.2 Å². The summed E-state index contributed by atoms with van der Waals surface area (Å²) in [6.45, 7) is 1.23. The fourth-order valence-corrected chi connectivity index (χ4v) is 3.19. The van der Waals surface area contributed by atoms with Gasteiger partial charge in [0, 0.05) is 17.1 Å². The van der Waals surface area contributed by atoms with Gasteiger partial charge in [-0.05, 0) is 34.9 Å². The molecule has 0 aliphatic heterocycles. The summed E-state index contributed by atoms with van der Waals surface area (Å²) in [4.78, 5) is 3.65. The Morgan fingerprint density at radius 3 is 2.44 bits per heavy atom. The van der Waals surface area contributed by atoms with E-state index in [1.807, 2.05) is 6.07 Å². The summed E-state index contributed by atoms with van der Waals surface area (Å²) in [5.74, 6) is -1.42. The van der Waals surface area contributed by atoms with Crippen LogP contribution in [0.5, 0.6) is 0 Å². The van der Waals surface area contributed by atoms with Crippen molar-refractivity contribution in [3.63, 3.8) is 0 Å². The summed E-state index contributed by atoms with van der Waals surface area (Å²) < 4.78 is 41.4. The third-order valence-electron chi connectivity index (χ3n) is 4.04. The second kappa shape index (κ2) is 7.20. The molecule has 2 unspecified atom stereocenters. The lowest BCUT2D eigenvalue weighted by molar-refractivity contribution is -0.274. The molecule has 0 spiro atoms. The summed E-state index contributed by atoms with van der Waals surface area (Å²) >= 11 is 11.8. The number of nitriles is 1. The molecule has 2 atom stereocenters. The van der Waals surface area contributed by atoms with E-state index in [0.29, 0.717) is 5.56 Å². The van der Waals surface area contributed by atoms with Crippen LogP contribution >= 0.6 is 23.2 Å². The molecular formula is C17H13Cl2F3N2O. The highest BCUT2D eigenvalue weighted by Crippen LogP contribution is 2.49. The van der Waals surface area contributed by atoms with Crippen LogP contribution in [0.25, 0.3) is 0 Å². The molecular weight excluding hydrogens is 376 g/mol. The van der Waals surface area contributed by atoms with E-state index >= 15 is 0 Å². The minimum atomic E-state index is -4.98. The van der Waals surface area contributed by atoms with Crippen LogP contribution < -0.4 is 0 Å². The maximum Gasteiger partial charge on any atom is 0.422 e. The lowest BCUT2D eigenvalue weighted by Gasteiger charge is -2.37. The predicted octanol–water partition coefficient (Wildman–Crippen LogP) is 5.01. The number of aromatic nitrogens is 1. The van der Waals surface area contributed by atoms with Gasteiger partial charge in [-0.25, -0.2) is 4.98 Å². The van der Waals surface area contributed by atoms with Crippen LogP contribution in [-0.2, 0) is 12.0 Å². The number of benzene rings is 1. The van der Waals surface area contributed by atoms with Crippen LogP contribution in [-0.4, -0.2) is 16.3 Å².